The van der Waals surface area contributed by atoms with Crippen LogP contribution in [0.5, 0.6) is 11.5 Å². The lowest BCUT2D eigenvalue weighted by Gasteiger charge is -2.19. The Balaban J connectivity index is 1.50. The van der Waals surface area contributed by atoms with Crippen molar-refractivity contribution < 1.29 is 14.3 Å². The molecule has 4 aromatic rings. The fraction of sp³-hybridized carbons (Fsp3) is 0.136. The number of rotatable bonds is 4. The Labute approximate surface area is 176 Å². The number of carbonyl (C=O) groups is 1. The molecular formula is C22H18N4O3S. The van der Waals surface area contributed by atoms with Crippen molar-refractivity contribution in [2.75, 3.05) is 24.1 Å². The highest BCUT2D eigenvalue weighted by molar-refractivity contribution is 7.20. The SMILES string of the molecule is Cc1c(C(=O)Nc2ccc3c(c2)OCO3)sc2ncnc(N(C)c3ccccc3)c12. The van der Waals surface area contributed by atoms with Gasteiger partial charge in [0.05, 0.1) is 10.3 Å². The van der Waals surface area contributed by atoms with E-state index in [4.69, 9.17) is 9.47 Å². The summed E-state index contributed by atoms with van der Waals surface area (Å²) in [7, 11) is 1.96. The highest BCUT2D eigenvalue weighted by atomic mass is 32.1. The normalized spacial score (nSPS) is 12.2. The molecule has 30 heavy (non-hydrogen) atoms. The van der Waals surface area contributed by atoms with Crippen LogP contribution in [0.4, 0.5) is 17.2 Å². The molecule has 1 aliphatic heterocycles. The molecule has 1 amide bonds. The van der Waals surface area contributed by atoms with E-state index < -0.39 is 0 Å². The van der Waals surface area contributed by atoms with Crippen LogP contribution in [0.25, 0.3) is 10.2 Å². The van der Waals surface area contributed by atoms with Gasteiger partial charge in [-0.25, -0.2) is 9.97 Å². The van der Waals surface area contributed by atoms with Crippen LogP contribution >= 0.6 is 11.3 Å². The van der Waals surface area contributed by atoms with Crippen LogP contribution in [0.1, 0.15) is 15.2 Å². The number of aromatic nitrogens is 2. The summed E-state index contributed by atoms with van der Waals surface area (Å²) in [6.07, 6.45) is 1.53. The fourth-order valence-electron chi connectivity index (χ4n) is 3.46. The molecule has 0 saturated carbocycles. The van der Waals surface area contributed by atoms with E-state index in [9.17, 15) is 4.79 Å². The summed E-state index contributed by atoms with van der Waals surface area (Å²) in [6, 6.07) is 15.3. The molecule has 2 aromatic carbocycles. The molecule has 0 spiro atoms. The van der Waals surface area contributed by atoms with Crippen LogP contribution in [0.15, 0.2) is 54.9 Å². The lowest BCUT2D eigenvalue weighted by Crippen LogP contribution is -2.13. The second kappa shape index (κ2) is 7.31. The second-order valence-electron chi connectivity index (χ2n) is 6.85. The summed E-state index contributed by atoms with van der Waals surface area (Å²) in [5, 5.41) is 3.82. The van der Waals surface area contributed by atoms with Crippen molar-refractivity contribution in [1.29, 1.82) is 0 Å². The minimum absolute atomic E-state index is 0.192. The minimum Gasteiger partial charge on any atom is -0.454 e. The molecule has 0 saturated heterocycles. The Kier molecular flexibility index (Phi) is 4.48. The summed E-state index contributed by atoms with van der Waals surface area (Å²) >= 11 is 1.36. The van der Waals surface area contributed by atoms with Gasteiger partial charge in [0.15, 0.2) is 11.5 Å². The van der Waals surface area contributed by atoms with E-state index >= 15 is 0 Å². The Bertz CT molecular complexity index is 1260. The smallest absolute Gasteiger partial charge is 0.266 e. The average molecular weight is 418 g/mol. The zero-order chi connectivity index (χ0) is 20.7. The molecule has 0 fully saturated rings. The maximum Gasteiger partial charge on any atom is 0.266 e. The molecule has 0 bridgehead atoms. The van der Waals surface area contributed by atoms with Gasteiger partial charge < -0.3 is 19.7 Å². The van der Waals surface area contributed by atoms with Gasteiger partial charge in [0.2, 0.25) is 6.79 Å². The van der Waals surface area contributed by atoms with E-state index in [0.29, 0.717) is 22.1 Å². The quantitative estimate of drug-likeness (QED) is 0.515. The van der Waals surface area contributed by atoms with Crippen LogP contribution < -0.4 is 19.7 Å². The van der Waals surface area contributed by atoms with Gasteiger partial charge in [0.1, 0.15) is 17.0 Å². The number of para-hydroxylation sites is 1. The van der Waals surface area contributed by atoms with E-state index in [1.165, 1.54) is 17.7 Å². The van der Waals surface area contributed by atoms with Gasteiger partial charge >= 0.3 is 0 Å². The van der Waals surface area contributed by atoms with Gasteiger partial charge in [-0.15, -0.1) is 11.3 Å². The Morgan fingerprint density at radius 3 is 2.73 bits per heavy atom. The van der Waals surface area contributed by atoms with E-state index in [-0.39, 0.29) is 12.7 Å². The molecule has 8 heteroatoms. The molecule has 150 valence electrons. The summed E-state index contributed by atoms with van der Waals surface area (Å²) in [5.41, 5.74) is 2.51. The number of carbonyl (C=O) groups excluding carboxylic acids is 1. The van der Waals surface area contributed by atoms with Crippen molar-refractivity contribution in [3.8, 4) is 11.5 Å². The first-order valence-electron chi connectivity index (χ1n) is 9.35. The van der Waals surface area contributed by atoms with Crippen molar-refractivity contribution in [3.05, 3.63) is 65.3 Å². The van der Waals surface area contributed by atoms with Crippen LogP contribution in [0.3, 0.4) is 0 Å². The molecule has 0 unspecified atom stereocenters. The number of ether oxygens (including phenoxy) is 2. The number of benzene rings is 2. The molecule has 0 radical (unpaired) electrons. The first-order valence-corrected chi connectivity index (χ1v) is 10.2. The summed E-state index contributed by atoms with van der Waals surface area (Å²) in [5.74, 6) is 1.87. The predicted molar refractivity (Wildman–Crippen MR) is 117 cm³/mol. The minimum atomic E-state index is -0.192. The second-order valence-corrected chi connectivity index (χ2v) is 7.85. The summed E-state index contributed by atoms with van der Waals surface area (Å²) < 4.78 is 10.7. The van der Waals surface area contributed by atoms with Crippen molar-refractivity contribution in [2.24, 2.45) is 0 Å². The maximum absolute atomic E-state index is 13.0. The molecule has 0 aliphatic carbocycles. The Morgan fingerprint density at radius 1 is 1.10 bits per heavy atom. The highest BCUT2D eigenvalue weighted by Crippen LogP contribution is 2.38. The molecule has 3 heterocycles. The third-order valence-corrected chi connectivity index (χ3v) is 6.20. The third kappa shape index (κ3) is 3.11. The number of nitrogens with zero attached hydrogens (tertiary/aromatic N) is 3. The van der Waals surface area contributed by atoms with E-state index in [1.807, 2.05) is 49.2 Å². The lowest BCUT2D eigenvalue weighted by atomic mass is 10.1. The van der Waals surface area contributed by atoms with Gasteiger partial charge in [0.25, 0.3) is 5.91 Å². The molecule has 5 rings (SSSR count). The largest absolute Gasteiger partial charge is 0.454 e. The zero-order valence-corrected chi connectivity index (χ0v) is 17.2. The third-order valence-electron chi connectivity index (χ3n) is 5.00. The first-order chi connectivity index (χ1) is 14.6. The average Bonchev–Trinajstić information content (AvgIpc) is 3.38. The molecule has 0 atom stereocenters. The molecule has 1 aliphatic rings. The van der Waals surface area contributed by atoms with Gasteiger partial charge in [-0.1, -0.05) is 18.2 Å². The highest BCUT2D eigenvalue weighted by Gasteiger charge is 2.22. The van der Waals surface area contributed by atoms with Gasteiger partial charge in [-0.2, -0.15) is 0 Å². The van der Waals surface area contributed by atoms with E-state index in [1.54, 1.807) is 18.2 Å². The number of hydrogen-bond donors (Lipinski definition) is 1. The van der Waals surface area contributed by atoms with Crippen LogP contribution in [-0.2, 0) is 0 Å². The van der Waals surface area contributed by atoms with E-state index in [2.05, 4.69) is 15.3 Å². The summed E-state index contributed by atoms with van der Waals surface area (Å²) in [6.45, 7) is 2.12. The Hall–Kier alpha value is -3.65. The number of anilines is 3. The van der Waals surface area contributed by atoms with Gasteiger partial charge in [-0.3, -0.25) is 4.79 Å². The number of amides is 1. The fourth-order valence-corrected chi connectivity index (χ4v) is 4.50. The molecular weight excluding hydrogens is 400 g/mol. The van der Waals surface area contributed by atoms with Crippen molar-refractivity contribution in [3.63, 3.8) is 0 Å². The number of fused-ring (bicyclic) bond motifs is 2. The molecule has 7 nitrogen and oxygen atoms in total. The lowest BCUT2D eigenvalue weighted by molar-refractivity contribution is 0.103. The number of nitrogens with one attached hydrogen (secondary N) is 1. The van der Waals surface area contributed by atoms with Crippen LogP contribution in [0, 0.1) is 6.92 Å². The topological polar surface area (TPSA) is 76.6 Å². The predicted octanol–water partition coefficient (Wildman–Crippen LogP) is 4.75. The number of thiophene rings is 1. The maximum atomic E-state index is 13.0. The zero-order valence-electron chi connectivity index (χ0n) is 16.4. The number of hydrogen-bond acceptors (Lipinski definition) is 7. The van der Waals surface area contributed by atoms with Crippen LogP contribution in [0.2, 0.25) is 0 Å². The van der Waals surface area contributed by atoms with Crippen molar-refractivity contribution in [1.82, 2.24) is 9.97 Å². The first kappa shape index (κ1) is 18.4. The standard InChI is InChI=1S/C22H18N4O3S/c1-13-18-20(26(2)15-6-4-3-5-7-15)23-11-24-22(18)30-19(13)21(27)25-14-8-9-16-17(10-14)29-12-28-16/h3-11H,12H2,1-2H3,(H,25,27). The number of aryl methyl sites for hydroxylation is 1. The van der Waals surface area contributed by atoms with Gasteiger partial charge in [-0.05, 0) is 36.8 Å². The van der Waals surface area contributed by atoms with Crippen molar-refractivity contribution >= 4 is 44.7 Å². The van der Waals surface area contributed by atoms with Gasteiger partial charge in [0, 0.05) is 24.5 Å². The summed E-state index contributed by atoms with van der Waals surface area (Å²) in [4.78, 5) is 25.3. The van der Waals surface area contributed by atoms with Crippen LogP contribution in [-0.4, -0.2) is 29.7 Å². The molecule has 1 N–H and O–H groups in total. The van der Waals surface area contributed by atoms with Crippen molar-refractivity contribution in [2.45, 2.75) is 6.92 Å². The molecule has 2 aromatic heterocycles. The monoisotopic (exact) mass is 418 g/mol. The Morgan fingerprint density at radius 2 is 1.90 bits per heavy atom. The van der Waals surface area contributed by atoms with E-state index in [0.717, 1.165) is 27.3 Å².